The van der Waals surface area contributed by atoms with Crippen LogP contribution < -0.4 is 9.64 Å². The molecule has 34 heavy (non-hydrogen) atoms. The van der Waals surface area contributed by atoms with Crippen molar-refractivity contribution in [3.05, 3.63) is 48.0 Å². The maximum absolute atomic E-state index is 13.0. The molecule has 1 amide bonds. The molecule has 3 aromatic rings. The van der Waals surface area contributed by atoms with Gasteiger partial charge in [0.05, 0.1) is 21.7 Å². The summed E-state index contributed by atoms with van der Waals surface area (Å²) in [7, 11) is -3.47. The van der Waals surface area contributed by atoms with Crippen LogP contribution in [0.3, 0.4) is 0 Å². The summed E-state index contributed by atoms with van der Waals surface area (Å²) in [6.45, 7) is 6.31. The van der Waals surface area contributed by atoms with Crippen LogP contribution >= 0.6 is 11.3 Å². The molecule has 2 aromatic carbocycles. The first kappa shape index (κ1) is 23.1. The molecule has 0 radical (unpaired) electrons. The lowest BCUT2D eigenvalue weighted by Crippen LogP contribution is -2.48. The highest BCUT2D eigenvalue weighted by Crippen LogP contribution is 2.32. The van der Waals surface area contributed by atoms with Gasteiger partial charge in [-0.05, 0) is 62.2 Å². The van der Waals surface area contributed by atoms with Gasteiger partial charge in [-0.15, -0.1) is 0 Å². The minimum Gasteiger partial charge on any atom is -0.494 e. The topological polar surface area (TPSA) is 83.0 Å². The van der Waals surface area contributed by atoms with Gasteiger partial charge in [0.15, 0.2) is 5.13 Å². The van der Waals surface area contributed by atoms with Gasteiger partial charge in [0, 0.05) is 44.8 Å². The fraction of sp³-hybridized carbons (Fsp3) is 0.417. The SMILES string of the molecule is CCOc1ccc2nc(N3CCN(C(=O)c4ccc(S(=O)(=O)N5CCCC5)cc4)CC3)sc2c1. The molecule has 0 saturated carbocycles. The lowest BCUT2D eigenvalue weighted by molar-refractivity contribution is 0.0746. The number of fused-ring (bicyclic) bond motifs is 1. The van der Waals surface area contributed by atoms with E-state index in [4.69, 9.17) is 9.72 Å². The van der Waals surface area contributed by atoms with E-state index in [0.717, 1.165) is 33.9 Å². The lowest BCUT2D eigenvalue weighted by Gasteiger charge is -2.34. The Morgan fingerprint density at radius 2 is 1.71 bits per heavy atom. The number of benzene rings is 2. The predicted octanol–water partition coefficient (Wildman–Crippen LogP) is 3.44. The van der Waals surface area contributed by atoms with Gasteiger partial charge >= 0.3 is 0 Å². The Labute approximate surface area is 203 Å². The molecule has 0 bridgehead atoms. The summed E-state index contributed by atoms with van der Waals surface area (Å²) in [6.07, 6.45) is 1.79. The van der Waals surface area contributed by atoms with Gasteiger partial charge in [-0.3, -0.25) is 4.79 Å². The van der Waals surface area contributed by atoms with Crippen molar-refractivity contribution in [3.63, 3.8) is 0 Å². The van der Waals surface area contributed by atoms with Crippen molar-refractivity contribution in [1.29, 1.82) is 0 Å². The van der Waals surface area contributed by atoms with E-state index in [1.54, 1.807) is 35.6 Å². The summed E-state index contributed by atoms with van der Waals surface area (Å²) in [5.74, 6) is 0.773. The second kappa shape index (κ2) is 9.52. The molecule has 5 rings (SSSR count). The molecule has 180 valence electrons. The van der Waals surface area contributed by atoms with E-state index < -0.39 is 10.0 Å². The fourth-order valence-electron chi connectivity index (χ4n) is 4.41. The molecule has 2 aliphatic rings. The minimum atomic E-state index is -3.47. The van der Waals surface area contributed by atoms with E-state index in [1.165, 1.54) is 4.31 Å². The largest absolute Gasteiger partial charge is 0.494 e. The third kappa shape index (κ3) is 4.49. The monoisotopic (exact) mass is 500 g/mol. The Kier molecular flexibility index (Phi) is 6.46. The van der Waals surface area contributed by atoms with Crippen LogP contribution in [0.15, 0.2) is 47.4 Å². The number of nitrogens with zero attached hydrogens (tertiary/aromatic N) is 4. The Morgan fingerprint density at radius 3 is 2.38 bits per heavy atom. The van der Waals surface area contributed by atoms with Gasteiger partial charge < -0.3 is 14.5 Å². The molecule has 0 spiro atoms. The highest BCUT2D eigenvalue weighted by Gasteiger charge is 2.28. The van der Waals surface area contributed by atoms with Gasteiger partial charge in [0.1, 0.15) is 5.75 Å². The zero-order valence-electron chi connectivity index (χ0n) is 19.1. The second-order valence-electron chi connectivity index (χ2n) is 8.47. The van der Waals surface area contributed by atoms with E-state index in [1.807, 2.05) is 30.0 Å². The van der Waals surface area contributed by atoms with Crippen LogP contribution in [0.2, 0.25) is 0 Å². The number of piperazine rings is 1. The van der Waals surface area contributed by atoms with Gasteiger partial charge in [0.2, 0.25) is 10.0 Å². The van der Waals surface area contributed by atoms with Crippen molar-refractivity contribution in [2.45, 2.75) is 24.7 Å². The molecule has 0 atom stereocenters. The van der Waals surface area contributed by atoms with Gasteiger partial charge in [-0.1, -0.05) is 11.3 Å². The van der Waals surface area contributed by atoms with E-state index in [0.29, 0.717) is 51.4 Å². The first-order valence-electron chi connectivity index (χ1n) is 11.6. The van der Waals surface area contributed by atoms with Crippen molar-refractivity contribution >= 4 is 42.6 Å². The number of anilines is 1. The van der Waals surface area contributed by atoms with Gasteiger partial charge in [-0.25, -0.2) is 13.4 Å². The van der Waals surface area contributed by atoms with Crippen LogP contribution in [-0.4, -0.2) is 74.4 Å². The summed E-state index contributed by atoms with van der Waals surface area (Å²) in [5, 5.41) is 0.951. The first-order chi connectivity index (χ1) is 16.5. The van der Waals surface area contributed by atoms with Crippen molar-refractivity contribution in [1.82, 2.24) is 14.2 Å². The summed E-state index contributed by atoms with van der Waals surface area (Å²) >= 11 is 1.63. The van der Waals surface area contributed by atoms with Crippen molar-refractivity contribution in [2.24, 2.45) is 0 Å². The Morgan fingerprint density at radius 1 is 1.00 bits per heavy atom. The number of aromatic nitrogens is 1. The molecule has 2 saturated heterocycles. The highest BCUT2D eigenvalue weighted by molar-refractivity contribution is 7.89. The number of carbonyl (C=O) groups excluding carboxylic acids is 1. The highest BCUT2D eigenvalue weighted by atomic mass is 32.2. The van der Waals surface area contributed by atoms with Crippen molar-refractivity contribution in [3.8, 4) is 5.75 Å². The van der Waals surface area contributed by atoms with E-state index in [2.05, 4.69) is 4.90 Å². The number of hydrogen-bond donors (Lipinski definition) is 0. The average Bonchev–Trinajstić information content (AvgIpc) is 3.55. The van der Waals surface area contributed by atoms with Crippen LogP contribution in [0.5, 0.6) is 5.75 Å². The summed E-state index contributed by atoms with van der Waals surface area (Å²) in [5.41, 5.74) is 1.46. The molecule has 0 aliphatic carbocycles. The molecule has 8 nitrogen and oxygen atoms in total. The number of amides is 1. The Balaban J connectivity index is 1.22. The van der Waals surface area contributed by atoms with Crippen LogP contribution in [-0.2, 0) is 10.0 Å². The summed E-state index contributed by atoms with van der Waals surface area (Å²) in [6, 6.07) is 12.3. The molecular weight excluding hydrogens is 472 g/mol. The molecule has 1 aromatic heterocycles. The number of rotatable bonds is 6. The zero-order chi connectivity index (χ0) is 23.7. The van der Waals surface area contributed by atoms with E-state index >= 15 is 0 Å². The normalized spacial score (nSPS) is 17.4. The van der Waals surface area contributed by atoms with Crippen LogP contribution in [0, 0.1) is 0 Å². The predicted molar refractivity (Wildman–Crippen MR) is 133 cm³/mol. The zero-order valence-corrected chi connectivity index (χ0v) is 20.8. The quantitative estimate of drug-likeness (QED) is 0.516. The third-order valence-electron chi connectivity index (χ3n) is 6.30. The average molecular weight is 501 g/mol. The molecule has 10 heteroatoms. The minimum absolute atomic E-state index is 0.0737. The van der Waals surface area contributed by atoms with Crippen molar-refractivity contribution in [2.75, 3.05) is 50.8 Å². The van der Waals surface area contributed by atoms with Crippen LogP contribution in [0.25, 0.3) is 10.2 Å². The smallest absolute Gasteiger partial charge is 0.253 e. The fourth-order valence-corrected chi connectivity index (χ4v) is 6.98. The number of carbonyl (C=O) groups is 1. The second-order valence-corrected chi connectivity index (χ2v) is 11.4. The summed E-state index contributed by atoms with van der Waals surface area (Å²) in [4.78, 5) is 22.1. The number of hydrogen-bond acceptors (Lipinski definition) is 7. The maximum atomic E-state index is 13.0. The maximum Gasteiger partial charge on any atom is 0.253 e. The third-order valence-corrected chi connectivity index (χ3v) is 9.29. The Hall–Kier alpha value is -2.69. The van der Waals surface area contributed by atoms with Crippen LogP contribution in [0.1, 0.15) is 30.1 Å². The van der Waals surface area contributed by atoms with Gasteiger partial charge in [-0.2, -0.15) is 4.31 Å². The summed E-state index contributed by atoms with van der Waals surface area (Å²) < 4.78 is 33.6. The van der Waals surface area contributed by atoms with E-state index in [9.17, 15) is 13.2 Å². The number of thiazole rings is 1. The number of ether oxygens (including phenoxy) is 1. The van der Waals surface area contributed by atoms with Crippen molar-refractivity contribution < 1.29 is 17.9 Å². The van der Waals surface area contributed by atoms with Crippen LogP contribution in [0.4, 0.5) is 5.13 Å². The molecular formula is C24H28N4O4S2. The standard InChI is InChI=1S/C24H28N4O4S2/c1-2-32-19-7-10-21-22(17-19)33-24(25-21)27-15-13-26(14-16-27)23(29)18-5-8-20(9-6-18)34(30,31)28-11-3-4-12-28/h5-10,17H,2-4,11-16H2,1H3. The van der Waals surface area contributed by atoms with E-state index in [-0.39, 0.29) is 10.8 Å². The first-order valence-corrected chi connectivity index (χ1v) is 13.9. The molecule has 0 unspecified atom stereocenters. The molecule has 2 fully saturated rings. The van der Waals surface area contributed by atoms with Gasteiger partial charge in [0.25, 0.3) is 5.91 Å². The molecule has 2 aliphatic heterocycles. The molecule has 3 heterocycles. The number of sulfonamides is 1. The molecule has 0 N–H and O–H groups in total. The lowest BCUT2D eigenvalue weighted by atomic mass is 10.2. The Bertz CT molecular complexity index is 1280.